The molecule has 0 unspecified atom stereocenters. The van der Waals surface area contributed by atoms with Crippen molar-refractivity contribution in [3.63, 3.8) is 0 Å². The van der Waals surface area contributed by atoms with Gasteiger partial charge in [-0.25, -0.2) is 14.6 Å². The van der Waals surface area contributed by atoms with Gasteiger partial charge in [-0.15, -0.1) is 5.53 Å². The number of esters is 1. The minimum Gasteiger partial charge on any atom is -0.463 e. The van der Waals surface area contributed by atoms with Crippen LogP contribution in [-0.2, 0) is 9.53 Å². The van der Waals surface area contributed by atoms with Gasteiger partial charge in [0.15, 0.2) is 6.54 Å². The van der Waals surface area contributed by atoms with E-state index in [-0.39, 0.29) is 12.4 Å². The highest BCUT2D eigenvalue weighted by atomic mass is 16.5. The normalized spacial score (nSPS) is 9.95. The van der Waals surface area contributed by atoms with Crippen LogP contribution in [0.4, 0.5) is 0 Å². The van der Waals surface area contributed by atoms with E-state index in [1.807, 2.05) is 0 Å². The molecule has 2 aromatic rings. The van der Waals surface area contributed by atoms with Gasteiger partial charge in [-0.3, -0.25) is 0 Å². The zero-order valence-corrected chi connectivity index (χ0v) is 11.2. The molecule has 108 valence electrons. The molecular formula is C12H12N6O3. The minimum atomic E-state index is -0.711. The SMILES string of the molecule is CCOC(=O)CN(N=[N+]=[N-])C(=O)c1nc2ccccc2[nH]1. The summed E-state index contributed by atoms with van der Waals surface area (Å²) in [5.74, 6) is -1.40. The molecular weight excluding hydrogens is 276 g/mol. The lowest BCUT2D eigenvalue weighted by Crippen LogP contribution is -2.32. The number of fused-ring (bicyclic) bond motifs is 1. The predicted molar refractivity (Wildman–Crippen MR) is 72.9 cm³/mol. The lowest BCUT2D eigenvalue weighted by molar-refractivity contribution is -0.143. The first-order valence-corrected chi connectivity index (χ1v) is 6.13. The Labute approximate surface area is 119 Å². The molecule has 0 aliphatic rings. The van der Waals surface area contributed by atoms with Crippen molar-refractivity contribution in [1.82, 2.24) is 15.0 Å². The third-order valence-electron chi connectivity index (χ3n) is 2.56. The van der Waals surface area contributed by atoms with Crippen LogP contribution < -0.4 is 0 Å². The molecule has 1 N–H and O–H groups in total. The Balaban J connectivity index is 2.25. The number of rotatable bonds is 5. The van der Waals surface area contributed by atoms with E-state index in [0.717, 1.165) is 0 Å². The standard InChI is InChI=1S/C12H12N6O3/c1-2-21-10(19)7-18(17-16-13)12(20)11-14-8-5-3-4-6-9(8)15-11/h3-6H,2,7H2,1H3,(H,14,15). The number of amides is 1. The first-order valence-electron chi connectivity index (χ1n) is 6.13. The molecule has 0 fully saturated rings. The van der Waals surface area contributed by atoms with E-state index in [0.29, 0.717) is 16.0 Å². The van der Waals surface area contributed by atoms with Crippen molar-refractivity contribution in [1.29, 1.82) is 0 Å². The number of carbonyl (C=O) groups excluding carboxylic acids is 2. The number of nitrogens with one attached hydrogen (secondary N) is 1. The molecule has 0 radical (unpaired) electrons. The van der Waals surface area contributed by atoms with Gasteiger partial charge in [0.2, 0.25) is 5.82 Å². The van der Waals surface area contributed by atoms with Crippen LogP contribution in [0.3, 0.4) is 0 Å². The Hall–Kier alpha value is -3.06. The average Bonchev–Trinajstić information content (AvgIpc) is 2.90. The van der Waals surface area contributed by atoms with Crippen LogP contribution in [0.5, 0.6) is 0 Å². The summed E-state index contributed by atoms with van der Waals surface area (Å²) in [6.07, 6.45) is 0. The second-order valence-electron chi connectivity index (χ2n) is 3.95. The predicted octanol–water partition coefficient (Wildman–Crippen LogP) is 1.79. The summed E-state index contributed by atoms with van der Waals surface area (Å²) in [5.41, 5.74) is 9.76. The van der Waals surface area contributed by atoms with E-state index >= 15 is 0 Å². The highest BCUT2D eigenvalue weighted by Crippen LogP contribution is 2.12. The van der Waals surface area contributed by atoms with Crippen molar-refractivity contribution in [2.24, 2.45) is 5.22 Å². The maximum atomic E-state index is 12.2. The van der Waals surface area contributed by atoms with Gasteiger partial charge in [0.25, 0.3) is 0 Å². The maximum absolute atomic E-state index is 12.2. The van der Waals surface area contributed by atoms with Crippen LogP contribution in [0.25, 0.3) is 21.5 Å². The molecule has 9 heteroatoms. The van der Waals surface area contributed by atoms with Gasteiger partial charge >= 0.3 is 11.9 Å². The Morgan fingerprint density at radius 1 is 1.48 bits per heavy atom. The summed E-state index contributed by atoms with van der Waals surface area (Å²) in [4.78, 5) is 33.0. The lowest BCUT2D eigenvalue weighted by atomic mass is 10.3. The largest absolute Gasteiger partial charge is 0.463 e. The van der Waals surface area contributed by atoms with Gasteiger partial charge in [-0.05, 0) is 24.3 Å². The number of para-hydroxylation sites is 2. The molecule has 0 saturated heterocycles. The Morgan fingerprint density at radius 3 is 2.90 bits per heavy atom. The number of azide groups is 1. The zero-order valence-electron chi connectivity index (χ0n) is 11.2. The van der Waals surface area contributed by atoms with Crippen molar-refractivity contribution in [2.75, 3.05) is 13.2 Å². The molecule has 0 aliphatic heterocycles. The summed E-state index contributed by atoms with van der Waals surface area (Å²) in [7, 11) is 0. The minimum absolute atomic E-state index is 0.0205. The fraction of sp³-hybridized carbons (Fsp3) is 0.250. The van der Waals surface area contributed by atoms with E-state index in [1.54, 1.807) is 31.2 Å². The van der Waals surface area contributed by atoms with E-state index in [9.17, 15) is 9.59 Å². The number of imidazole rings is 1. The van der Waals surface area contributed by atoms with Gasteiger partial charge in [0, 0.05) is 0 Å². The summed E-state index contributed by atoms with van der Waals surface area (Å²) < 4.78 is 4.72. The van der Waals surface area contributed by atoms with Crippen LogP contribution in [0.2, 0.25) is 0 Å². The number of aromatic nitrogens is 2. The van der Waals surface area contributed by atoms with Gasteiger partial charge < -0.3 is 9.72 Å². The third-order valence-corrected chi connectivity index (χ3v) is 2.56. The van der Waals surface area contributed by atoms with Crippen molar-refractivity contribution < 1.29 is 14.3 Å². The molecule has 1 amide bonds. The molecule has 1 heterocycles. The Bertz CT molecular complexity index is 686. The first-order chi connectivity index (χ1) is 10.2. The van der Waals surface area contributed by atoms with E-state index in [4.69, 9.17) is 10.3 Å². The molecule has 0 spiro atoms. The van der Waals surface area contributed by atoms with Crippen LogP contribution in [0.1, 0.15) is 17.5 Å². The fourth-order valence-electron chi connectivity index (χ4n) is 1.70. The number of aromatic amines is 1. The van der Waals surface area contributed by atoms with Crippen LogP contribution in [0, 0.1) is 0 Å². The maximum Gasteiger partial charge on any atom is 0.380 e. The third kappa shape index (κ3) is 3.28. The number of nitrogens with zero attached hydrogens (tertiary/aromatic N) is 5. The monoisotopic (exact) mass is 288 g/mol. The van der Waals surface area contributed by atoms with Crippen molar-refractivity contribution in [3.05, 3.63) is 40.5 Å². The Kier molecular flexibility index (Phi) is 4.37. The van der Waals surface area contributed by atoms with Crippen LogP contribution in [-0.4, -0.2) is 40.0 Å². The molecule has 0 aliphatic carbocycles. The second-order valence-corrected chi connectivity index (χ2v) is 3.95. The number of benzene rings is 1. The van der Waals surface area contributed by atoms with Gasteiger partial charge in [0.05, 0.1) is 17.6 Å². The molecule has 0 saturated carbocycles. The second kappa shape index (κ2) is 6.40. The number of H-pyrrole nitrogens is 1. The summed E-state index contributed by atoms with van der Waals surface area (Å²) in [6.45, 7) is 1.33. The zero-order chi connectivity index (χ0) is 15.2. The number of ether oxygens (including phenoxy) is 1. The molecule has 1 aromatic heterocycles. The topological polar surface area (TPSA) is 124 Å². The van der Waals surface area contributed by atoms with E-state index < -0.39 is 18.4 Å². The van der Waals surface area contributed by atoms with Gasteiger partial charge in [-0.1, -0.05) is 12.1 Å². The van der Waals surface area contributed by atoms with Crippen molar-refractivity contribution in [2.45, 2.75) is 6.92 Å². The Morgan fingerprint density at radius 2 is 2.24 bits per heavy atom. The fourth-order valence-corrected chi connectivity index (χ4v) is 1.70. The number of carbonyl (C=O) groups is 2. The van der Waals surface area contributed by atoms with Crippen LogP contribution in [0.15, 0.2) is 29.5 Å². The average molecular weight is 288 g/mol. The molecule has 1 aromatic carbocycles. The molecule has 9 nitrogen and oxygen atoms in total. The highest BCUT2D eigenvalue weighted by Gasteiger charge is 2.26. The van der Waals surface area contributed by atoms with Gasteiger partial charge in [-0.2, -0.15) is 9.92 Å². The van der Waals surface area contributed by atoms with Gasteiger partial charge in [0.1, 0.15) is 0 Å². The number of hydrogen-bond acceptors (Lipinski definition) is 5. The summed E-state index contributed by atoms with van der Waals surface area (Å²) in [5, 5.41) is 3.86. The van der Waals surface area contributed by atoms with E-state index in [2.05, 4.69) is 20.1 Å². The molecule has 0 bridgehead atoms. The number of hydrogen-bond donors (Lipinski definition) is 1. The van der Waals surface area contributed by atoms with Crippen molar-refractivity contribution in [3.8, 4) is 0 Å². The molecule has 2 rings (SSSR count). The van der Waals surface area contributed by atoms with Crippen molar-refractivity contribution >= 4 is 22.9 Å². The lowest BCUT2D eigenvalue weighted by Gasteiger charge is -2.08. The summed E-state index contributed by atoms with van der Waals surface area (Å²) >= 11 is 0. The quantitative estimate of drug-likeness (QED) is 0.296. The first kappa shape index (κ1) is 14.4. The van der Waals surface area contributed by atoms with E-state index in [1.165, 1.54) is 0 Å². The summed E-state index contributed by atoms with van der Waals surface area (Å²) in [6, 6.07) is 7.05. The smallest absolute Gasteiger partial charge is 0.380 e. The van der Waals surface area contributed by atoms with Crippen LogP contribution >= 0.6 is 0 Å². The molecule has 0 atom stereocenters. The molecule has 21 heavy (non-hydrogen) atoms. The highest BCUT2D eigenvalue weighted by molar-refractivity contribution is 5.95.